The molecule has 0 unspecified atom stereocenters. The van der Waals surface area contributed by atoms with Gasteiger partial charge in [0.1, 0.15) is 11.5 Å². The molecule has 2 rings (SSSR count). The molecule has 1 aliphatic rings. The average molecular weight is 235 g/mol. The van der Waals surface area contributed by atoms with Crippen LogP contribution >= 0.6 is 0 Å². The van der Waals surface area contributed by atoms with E-state index in [1.54, 1.807) is 14.2 Å². The van der Waals surface area contributed by atoms with Gasteiger partial charge in [0.2, 0.25) is 0 Å². The highest BCUT2D eigenvalue weighted by molar-refractivity contribution is 5.59. The van der Waals surface area contributed by atoms with Gasteiger partial charge in [-0.15, -0.1) is 0 Å². The van der Waals surface area contributed by atoms with Crippen molar-refractivity contribution < 1.29 is 9.47 Å². The van der Waals surface area contributed by atoms with E-state index in [9.17, 15) is 0 Å². The van der Waals surface area contributed by atoms with Crippen molar-refractivity contribution in [1.82, 2.24) is 0 Å². The van der Waals surface area contributed by atoms with E-state index >= 15 is 0 Å². The van der Waals surface area contributed by atoms with E-state index in [0.29, 0.717) is 0 Å². The van der Waals surface area contributed by atoms with E-state index in [4.69, 9.17) is 9.47 Å². The van der Waals surface area contributed by atoms with Crippen LogP contribution in [0.15, 0.2) is 18.2 Å². The molecule has 0 bridgehead atoms. The molecular formula is C14H21NO2. The van der Waals surface area contributed by atoms with Crippen LogP contribution in [0.2, 0.25) is 0 Å². The fourth-order valence-corrected chi connectivity index (χ4v) is 2.42. The lowest BCUT2D eigenvalue weighted by atomic mass is 10.1. The van der Waals surface area contributed by atoms with Crippen LogP contribution in [0.1, 0.15) is 25.7 Å². The maximum absolute atomic E-state index is 5.34. The van der Waals surface area contributed by atoms with E-state index < -0.39 is 0 Å². The Balaban J connectivity index is 2.01. The third-order valence-corrected chi connectivity index (χ3v) is 3.46. The lowest BCUT2D eigenvalue weighted by Gasteiger charge is -2.15. The van der Waals surface area contributed by atoms with Gasteiger partial charge in [-0.2, -0.15) is 0 Å². The van der Waals surface area contributed by atoms with E-state index in [-0.39, 0.29) is 0 Å². The highest BCUT2D eigenvalue weighted by atomic mass is 16.5. The van der Waals surface area contributed by atoms with Crippen LogP contribution in [-0.4, -0.2) is 20.8 Å². The zero-order valence-electron chi connectivity index (χ0n) is 10.7. The van der Waals surface area contributed by atoms with E-state index in [1.165, 1.54) is 25.7 Å². The molecule has 1 fully saturated rings. The molecule has 0 atom stereocenters. The summed E-state index contributed by atoms with van der Waals surface area (Å²) >= 11 is 0. The zero-order chi connectivity index (χ0) is 12.1. The number of anilines is 1. The number of benzene rings is 1. The lowest BCUT2D eigenvalue weighted by Crippen LogP contribution is -2.11. The molecule has 1 N–H and O–H groups in total. The highest BCUT2D eigenvalue weighted by Gasteiger charge is 2.15. The maximum atomic E-state index is 5.34. The second kappa shape index (κ2) is 5.80. The van der Waals surface area contributed by atoms with Crippen molar-refractivity contribution in [2.75, 3.05) is 26.1 Å². The van der Waals surface area contributed by atoms with Gasteiger partial charge in [-0.05, 0) is 30.9 Å². The molecule has 0 aliphatic heterocycles. The third-order valence-electron chi connectivity index (χ3n) is 3.46. The summed E-state index contributed by atoms with van der Waals surface area (Å²) in [5.41, 5.74) is 1.03. The minimum absolute atomic E-state index is 0.811. The van der Waals surface area contributed by atoms with Crippen LogP contribution in [0.25, 0.3) is 0 Å². The Kier molecular flexibility index (Phi) is 4.13. The molecule has 1 saturated carbocycles. The molecule has 0 amide bonds. The van der Waals surface area contributed by atoms with Crippen LogP contribution in [-0.2, 0) is 0 Å². The maximum Gasteiger partial charge on any atom is 0.142 e. The van der Waals surface area contributed by atoms with Gasteiger partial charge < -0.3 is 14.8 Å². The minimum atomic E-state index is 0.811. The molecule has 0 spiro atoms. The number of hydrogen-bond donors (Lipinski definition) is 1. The summed E-state index contributed by atoms with van der Waals surface area (Å²) in [5, 5.41) is 3.48. The van der Waals surface area contributed by atoms with Crippen molar-refractivity contribution >= 4 is 5.69 Å². The number of rotatable bonds is 5. The molecule has 1 aromatic carbocycles. The Morgan fingerprint density at radius 2 is 1.94 bits per heavy atom. The number of nitrogens with one attached hydrogen (secondary N) is 1. The van der Waals surface area contributed by atoms with E-state index in [1.807, 2.05) is 18.2 Å². The van der Waals surface area contributed by atoms with Gasteiger partial charge in [-0.25, -0.2) is 0 Å². The Hall–Kier alpha value is -1.38. The largest absolute Gasteiger partial charge is 0.497 e. The Morgan fingerprint density at radius 1 is 1.18 bits per heavy atom. The van der Waals surface area contributed by atoms with E-state index in [2.05, 4.69) is 5.32 Å². The number of methoxy groups -OCH3 is 2. The Morgan fingerprint density at radius 3 is 2.59 bits per heavy atom. The second-order valence-corrected chi connectivity index (χ2v) is 4.60. The van der Waals surface area contributed by atoms with E-state index in [0.717, 1.165) is 29.6 Å². The summed E-state index contributed by atoms with van der Waals surface area (Å²) in [5.74, 6) is 2.55. The monoisotopic (exact) mass is 235 g/mol. The predicted octanol–water partition coefficient (Wildman–Crippen LogP) is 3.31. The second-order valence-electron chi connectivity index (χ2n) is 4.60. The summed E-state index contributed by atoms with van der Waals surface area (Å²) in [6.45, 7) is 1.03. The molecule has 0 aromatic heterocycles. The topological polar surface area (TPSA) is 30.5 Å². The van der Waals surface area contributed by atoms with Crippen LogP contribution in [0.5, 0.6) is 11.5 Å². The van der Waals surface area contributed by atoms with Crippen LogP contribution < -0.4 is 14.8 Å². The van der Waals surface area contributed by atoms with Crippen molar-refractivity contribution in [1.29, 1.82) is 0 Å². The summed E-state index contributed by atoms with van der Waals surface area (Å²) in [6, 6.07) is 5.85. The normalized spacial score (nSPS) is 15.9. The van der Waals surface area contributed by atoms with Crippen molar-refractivity contribution in [3.8, 4) is 11.5 Å². The molecule has 0 saturated heterocycles. The molecule has 3 heteroatoms. The van der Waals surface area contributed by atoms with Crippen molar-refractivity contribution in [2.24, 2.45) is 5.92 Å². The number of hydrogen-bond acceptors (Lipinski definition) is 3. The number of ether oxygens (including phenoxy) is 2. The highest BCUT2D eigenvalue weighted by Crippen LogP contribution is 2.30. The van der Waals surface area contributed by atoms with Crippen molar-refractivity contribution in [2.45, 2.75) is 25.7 Å². The lowest BCUT2D eigenvalue weighted by molar-refractivity contribution is 0.404. The first-order valence-corrected chi connectivity index (χ1v) is 6.29. The molecule has 1 aromatic rings. The molecule has 0 radical (unpaired) electrons. The summed E-state index contributed by atoms with van der Waals surface area (Å²) < 4.78 is 10.6. The first kappa shape index (κ1) is 12.1. The summed E-state index contributed by atoms with van der Waals surface area (Å²) in [6.07, 6.45) is 5.45. The van der Waals surface area contributed by atoms with Crippen molar-refractivity contribution in [3.63, 3.8) is 0 Å². The van der Waals surface area contributed by atoms with Gasteiger partial charge >= 0.3 is 0 Å². The third kappa shape index (κ3) is 3.05. The molecule has 3 nitrogen and oxygen atoms in total. The van der Waals surface area contributed by atoms with Gasteiger partial charge in [0, 0.05) is 12.6 Å². The zero-order valence-corrected chi connectivity index (χ0v) is 10.7. The molecule has 1 aliphatic carbocycles. The van der Waals surface area contributed by atoms with Gasteiger partial charge in [-0.1, -0.05) is 12.8 Å². The Labute approximate surface area is 103 Å². The molecule has 0 heterocycles. The Bertz CT molecular complexity index is 359. The summed E-state index contributed by atoms with van der Waals surface area (Å²) in [7, 11) is 3.38. The van der Waals surface area contributed by atoms with Gasteiger partial charge in [0.05, 0.1) is 19.9 Å². The average Bonchev–Trinajstić information content (AvgIpc) is 2.89. The van der Waals surface area contributed by atoms with Crippen molar-refractivity contribution in [3.05, 3.63) is 18.2 Å². The smallest absolute Gasteiger partial charge is 0.142 e. The standard InChI is InChI=1S/C14H21NO2/c1-16-12-7-8-14(17-2)13(9-12)15-10-11-5-3-4-6-11/h7-9,11,15H,3-6,10H2,1-2H3. The van der Waals surface area contributed by atoms with Gasteiger partial charge in [-0.3, -0.25) is 0 Å². The molecule has 94 valence electrons. The van der Waals surface area contributed by atoms with Gasteiger partial charge in [0.25, 0.3) is 0 Å². The first-order valence-electron chi connectivity index (χ1n) is 6.29. The molecular weight excluding hydrogens is 214 g/mol. The fraction of sp³-hybridized carbons (Fsp3) is 0.571. The SMILES string of the molecule is COc1ccc(OC)c(NCC2CCCC2)c1. The van der Waals surface area contributed by atoms with Gasteiger partial charge in [0.15, 0.2) is 0 Å². The minimum Gasteiger partial charge on any atom is -0.497 e. The first-order chi connectivity index (χ1) is 8.33. The summed E-state index contributed by atoms with van der Waals surface area (Å²) in [4.78, 5) is 0. The van der Waals surface area contributed by atoms with Crippen LogP contribution in [0.3, 0.4) is 0 Å². The van der Waals surface area contributed by atoms with Crippen LogP contribution in [0.4, 0.5) is 5.69 Å². The predicted molar refractivity (Wildman–Crippen MR) is 70.0 cm³/mol. The fourth-order valence-electron chi connectivity index (χ4n) is 2.42. The molecule has 17 heavy (non-hydrogen) atoms. The quantitative estimate of drug-likeness (QED) is 0.849. The van der Waals surface area contributed by atoms with Crippen LogP contribution in [0, 0.1) is 5.92 Å².